The summed E-state index contributed by atoms with van der Waals surface area (Å²) in [5.74, 6) is 0.820. The summed E-state index contributed by atoms with van der Waals surface area (Å²) in [6.45, 7) is 0. The van der Waals surface area contributed by atoms with Gasteiger partial charge in [0.05, 0.1) is 0 Å². The number of anilines is 1. The molecule has 1 unspecified atom stereocenters. The highest BCUT2D eigenvalue weighted by Crippen LogP contribution is 2.37. The van der Waals surface area contributed by atoms with Gasteiger partial charge in [0.1, 0.15) is 0 Å². The van der Waals surface area contributed by atoms with Gasteiger partial charge < -0.3 is 10.2 Å². The molecule has 0 heterocycles. The Balaban J connectivity index is 2.22. The van der Waals surface area contributed by atoms with Crippen molar-refractivity contribution >= 4 is 5.69 Å². The van der Waals surface area contributed by atoms with Crippen LogP contribution in [0.4, 0.5) is 5.69 Å². The molecule has 1 fully saturated rings. The van der Waals surface area contributed by atoms with E-state index in [9.17, 15) is 0 Å². The molecule has 0 aromatic heterocycles. The molecular weight excluding hydrogens is 220 g/mol. The highest BCUT2D eigenvalue weighted by atomic mass is 15.1. The molecule has 100 valence electrons. The molecule has 1 aromatic carbocycles. The Hall–Kier alpha value is -1.02. The number of nitrogens with zero attached hydrogens (tertiary/aromatic N) is 1. The maximum atomic E-state index is 3.25. The average molecular weight is 246 g/mol. The van der Waals surface area contributed by atoms with E-state index in [1.165, 1.54) is 43.4 Å². The van der Waals surface area contributed by atoms with Crippen molar-refractivity contribution in [2.45, 2.75) is 38.1 Å². The second-order valence-electron chi connectivity index (χ2n) is 5.68. The third-order valence-corrected chi connectivity index (χ3v) is 4.17. The van der Waals surface area contributed by atoms with Crippen LogP contribution < -0.4 is 5.32 Å². The number of nitrogens with one attached hydrogen (secondary N) is 1. The fraction of sp³-hybridized carbons (Fsp3) is 0.625. The maximum Gasteiger partial charge on any atom is 0.0370 e. The Morgan fingerprint density at radius 3 is 2.50 bits per heavy atom. The van der Waals surface area contributed by atoms with Gasteiger partial charge in [0.25, 0.3) is 0 Å². The van der Waals surface area contributed by atoms with Crippen LogP contribution in [-0.4, -0.2) is 26.0 Å². The van der Waals surface area contributed by atoms with E-state index in [4.69, 9.17) is 0 Å². The molecule has 2 heteroatoms. The summed E-state index contributed by atoms with van der Waals surface area (Å²) >= 11 is 0. The SMILES string of the molecule is CNc1cccc(C(C2CCCCC2)N(C)C)c1. The number of hydrogen-bond donors (Lipinski definition) is 1. The van der Waals surface area contributed by atoms with Crippen molar-refractivity contribution in [1.29, 1.82) is 0 Å². The van der Waals surface area contributed by atoms with Crippen LogP contribution in [-0.2, 0) is 0 Å². The summed E-state index contributed by atoms with van der Waals surface area (Å²) < 4.78 is 0. The van der Waals surface area contributed by atoms with Gasteiger partial charge in [-0.2, -0.15) is 0 Å². The first-order valence-electron chi connectivity index (χ1n) is 7.16. The van der Waals surface area contributed by atoms with E-state index >= 15 is 0 Å². The first-order chi connectivity index (χ1) is 8.72. The Bertz CT molecular complexity index is 367. The van der Waals surface area contributed by atoms with Crippen molar-refractivity contribution in [2.75, 3.05) is 26.5 Å². The van der Waals surface area contributed by atoms with Crippen molar-refractivity contribution in [3.05, 3.63) is 29.8 Å². The van der Waals surface area contributed by atoms with Gasteiger partial charge in [-0.05, 0) is 50.6 Å². The van der Waals surface area contributed by atoms with Crippen LogP contribution in [0.25, 0.3) is 0 Å². The Kier molecular flexibility index (Phi) is 4.65. The number of rotatable bonds is 4. The third kappa shape index (κ3) is 3.05. The van der Waals surface area contributed by atoms with Crippen LogP contribution in [0.5, 0.6) is 0 Å². The van der Waals surface area contributed by atoms with Gasteiger partial charge in [0, 0.05) is 18.8 Å². The van der Waals surface area contributed by atoms with Gasteiger partial charge in [0.15, 0.2) is 0 Å². The first-order valence-corrected chi connectivity index (χ1v) is 7.16. The normalized spacial score (nSPS) is 18.9. The van der Waals surface area contributed by atoms with Crippen LogP contribution >= 0.6 is 0 Å². The molecule has 2 nitrogen and oxygen atoms in total. The second kappa shape index (κ2) is 6.24. The molecular formula is C16H26N2. The molecule has 0 bridgehead atoms. The monoisotopic (exact) mass is 246 g/mol. The third-order valence-electron chi connectivity index (χ3n) is 4.17. The van der Waals surface area contributed by atoms with Crippen LogP contribution in [0, 0.1) is 5.92 Å². The highest BCUT2D eigenvalue weighted by molar-refractivity contribution is 5.46. The van der Waals surface area contributed by atoms with Crippen LogP contribution in [0.15, 0.2) is 24.3 Å². The molecule has 1 N–H and O–H groups in total. The first kappa shape index (κ1) is 13.4. The molecule has 0 saturated heterocycles. The zero-order chi connectivity index (χ0) is 13.0. The van der Waals surface area contributed by atoms with Crippen LogP contribution in [0.3, 0.4) is 0 Å². The molecule has 18 heavy (non-hydrogen) atoms. The topological polar surface area (TPSA) is 15.3 Å². The quantitative estimate of drug-likeness (QED) is 0.866. The van der Waals surface area contributed by atoms with E-state index in [-0.39, 0.29) is 0 Å². The van der Waals surface area contributed by atoms with E-state index in [1.54, 1.807) is 0 Å². The van der Waals surface area contributed by atoms with Crippen molar-refractivity contribution in [2.24, 2.45) is 5.92 Å². The van der Waals surface area contributed by atoms with Crippen LogP contribution in [0.2, 0.25) is 0 Å². The molecule has 1 aliphatic carbocycles. The molecule has 1 aromatic rings. The Morgan fingerprint density at radius 2 is 1.89 bits per heavy atom. The molecule has 1 saturated carbocycles. The molecule has 0 aliphatic heterocycles. The fourth-order valence-corrected chi connectivity index (χ4v) is 3.32. The number of hydrogen-bond acceptors (Lipinski definition) is 2. The van der Waals surface area contributed by atoms with Gasteiger partial charge in [0.2, 0.25) is 0 Å². The zero-order valence-corrected chi connectivity index (χ0v) is 11.9. The van der Waals surface area contributed by atoms with E-state index in [0.29, 0.717) is 6.04 Å². The molecule has 1 aliphatic rings. The van der Waals surface area contributed by atoms with Crippen molar-refractivity contribution in [3.63, 3.8) is 0 Å². The Morgan fingerprint density at radius 1 is 1.17 bits per heavy atom. The largest absolute Gasteiger partial charge is 0.388 e. The summed E-state index contributed by atoms with van der Waals surface area (Å²) in [7, 11) is 6.42. The van der Waals surface area contributed by atoms with Gasteiger partial charge >= 0.3 is 0 Å². The molecule has 0 spiro atoms. The molecule has 1 atom stereocenters. The minimum absolute atomic E-state index is 0.568. The lowest BCUT2D eigenvalue weighted by Gasteiger charge is -2.35. The average Bonchev–Trinajstić information content (AvgIpc) is 2.40. The van der Waals surface area contributed by atoms with E-state index < -0.39 is 0 Å². The second-order valence-corrected chi connectivity index (χ2v) is 5.68. The molecule has 2 rings (SSSR count). The lowest BCUT2D eigenvalue weighted by Crippen LogP contribution is -2.28. The van der Waals surface area contributed by atoms with E-state index in [2.05, 4.69) is 48.6 Å². The van der Waals surface area contributed by atoms with E-state index in [0.717, 1.165) is 5.92 Å². The molecule has 0 amide bonds. The smallest absolute Gasteiger partial charge is 0.0370 e. The van der Waals surface area contributed by atoms with Gasteiger partial charge in [-0.25, -0.2) is 0 Å². The summed E-state index contributed by atoms with van der Waals surface area (Å²) in [5.41, 5.74) is 2.67. The summed E-state index contributed by atoms with van der Waals surface area (Å²) in [6, 6.07) is 9.45. The Labute approximate surface area is 111 Å². The van der Waals surface area contributed by atoms with Crippen molar-refractivity contribution in [3.8, 4) is 0 Å². The number of benzene rings is 1. The standard InChI is InChI=1S/C16H26N2/c1-17-15-11-7-10-14(12-15)16(18(2)3)13-8-5-4-6-9-13/h7,10-13,16-17H,4-6,8-9H2,1-3H3. The lowest BCUT2D eigenvalue weighted by atomic mass is 9.80. The minimum Gasteiger partial charge on any atom is -0.388 e. The van der Waals surface area contributed by atoms with Crippen molar-refractivity contribution in [1.82, 2.24) is 4.90 Å². The zero-order valence-electron chi connectivity index (χ0n) is 11.9. The molecule has 0 radical (unpaired) electrons. The van der Waals surface area contributed by atoms with Crippen molar-refractivity contribution < 1.29 is 0 Å². The van der Waals surface area contributed by atoms with E-state index in [1.807, 2.05) is 7.05 Å². The highest BCUT2D eigenvalue weighted by Gasteiger charge is 2.26. The minimum atomic E-state index is 0.568. The maximum absolute atomic E-state index is 3.25. The lowest BCUT2D eigenvalue weighted by molar-refractivity contribution is 0.171. The fourth-order valence-electron chi connectivity index (χ4n) is 3.32. The summed E-state index contributed by atoms with van der Waals surface area (Å²) in [5, 5.41) is 3.25. The summed E-state index contributed by atoms with van der Waals surface area (Å²) in [6.07, 6.45) is 6.99. The van der Waals surface area contributed by atoms with Crippen LogP contribution in [0.1, 0.15) is 43.7 Å². The van der Waals surface area contributed by atoms with Gasteiger partial charge in [-0.3, -0.25) is 0 Å². The van der Waals surface area contributed by atoms with Gasteiger partial charge in [-0.1, -0.05) is 31.4 Å². The predicted octanol–water partition coefficient (Wildman–Crippen LogP) is 3.91. The summed E-state index contributed by atoms with van der Waals surface area (Å²) in [4.78, 5) is 2.39. The predicted molar refractivity (Wildman–Crippen MR) is 79.0 cm³/mol. The van der Waals surface area contributed by atoms with Gasteiger partial charge in [-0.15, -0.1) is 0 Å².